The van der Waals surface area contributed by atoms with Gasteiger partial charge in [-0.1, -0.05) is 127 Å². The normalized spacial score (nSPS) is 11.6. The van der Waals surface area contributed by atoms with Crippen molar-refractivity contribution >= 4 is 11.6 Å². The summed E-state index contributed by atoms with van der Waals surface area (Å²) in [7, 11) is 0. The molecule has 3 nitrogen and oxygen atoms in total. The number of unbranched alkanes of at least 4 members (excludes halogenated alkanes) is 14. The number of carbonyl (C=O) groups excluding carboxylic acids is 1. The molecule has 0 heterocycles. The SMILES string of the molecule is CCCCCCCCCCCCCCCCCC(=O)N/N=C(/C)c1ccccc1. The molecule has 1 rings (SSSR count). The summed E-state index contributed by atoms with van der Waals surface area (Å²) in [6, 6.07) is 9.93. The van der Waals surface area contributed by atoms with Crippen molar-refractivity contribution in [1.82, 2.24) is 5.43 Å². The van der Waals surface area contributed by atoms with Gasteiger partial charge in [0.15, 0.2) is 0 Å². The first kappa shape index (κ1) is 25.4. The predicted molar refractivity (Wildman–Crippen MR) is 126 cm³/mol. The third-order valence-corrected chi connectivity index (χ3v) is 5.55. The van der Waals surface area contributed by atoms with Gasteiger partial charge in [-0.25, -0.2) is 5.43 Å². The Labute approximate surface area is 179 Å². The zero-order valence-electron chi connectivity index (χ0n) is 19.1. The highest BCUT2D eigenvalue weighted by atomic mass is 16.2. The molecule has 0 atom stereocenters. The Kier molecular flexibility index (Phi) is 16.1. The van der Waals surface area contributed by atoms with Crippen LogP contribution >= 0.6 is 0 Å². The molecule has 0 saturated heterocycles. The highest BCUT2D eigenvalue weighted by molar-refractivity contribution is 5.99. The lowest BCUT2D eigenvalue weighted by Gasteiger charge is -2.04. The highest BCUT2D eigenvalue weighted by Gasteiger charge is 2.01. The van der Waals surface area contributed by atoms with Crippen LogP contribution in [-0.2, 0) is 4.79 Å². The molecule has 0 unspecified atom stereocenters. The fourth-order valence-electron chi connectivity index (χ4n) is 3.60. The summed E-state index contributed by atoms with van der Waals surface area (Å²) in [5, 5.41) is 4.20. The summed E-state index contributed by atoms with van der Waals surface area (Å²) in [6.45, 7) is 4.20. The Bertz CT molecular complexity index is 539. The van der Waals surface area contributed by atoms with E-state index in [0.29, 0.717) is 6.42 Å². The number of hydrazone groups is 1. The van der Waals surface area contributed by atoms with Gasteiger partial charge in [-0.15, -0.1) is 0 Å². The van der Waals surface area contributed by atoms with Gasteiger partial charge in [-0.3, -0.25) is 4.79 Å². The molecule has 0 aromatic heterocycles. The first-order valence-electron chi connectivity index (χ1n) is 12.1. The van der Waals surface area contributed by atoms with E-state index in [4.69, 9.17) is 0 Å². The molecule has 0 aliphatic rings. The first-order chi connectivity index (χ1) is 14.2. The monoisotopic (exact) mass is 400 g/mol. The van der Waals surface area contributed by atoms with Crippen LogP contribution in [0, 0.1) is 0 Å². The standard InChI is InChI=1S/C26H44N2O/c1-3-4-5-6-7-8-9-10-11-12-13-14-15-16-20-23-26(29)28-27-24(2)25-21-18-17-19-22-25/h17-19,21-22H,3-16,20,23H2,1-2H3,(H,28,29)/b27-24-. The van der Waals surface area contributed by atoms with Crippen LogP contribution in [-0.4, -0.2) is 11.6 Å². The van der Waals surface area contributed by atoms with E-state index in [0.717, 1.165) is 24.1 Å². The maximum atomic E-state index is 11.9. The van der Waals surface area contributed by atoms with Crippen molar-refractivity contribution in [1.29, 1.82) is 0 Å². The van der Waals surface area contributed by atoms with Crippen LogP contribution in [0.25, 0.3) is 0 Å². The van der Waals surface area contributed by atoms with Crippen molar-refractivity contribution in [2.45, 2.75) is 117 Å². The van der Waals surface area contributed by atoms with Crippen LogP contribution in [0.4, 0.5) is 0 Å². The second-order valence-corrected chi connectivity index (χ2v) is 8.30. The van der Waals surface area contributed by atoms with Crippen LogP contribution in [0.15, 0.2) is 35.4 Å². The lowest BCUT2D eigenvalue weighted by atomic mass is 10.0. The molecule has 1 aromatic rings. The molecule has 0 aliphatic heterocycles. The van der Waals surface area contributed by atoms with Crippen molar-refractivity contribution < 1.29 is 4.79 Å². The molecule has 29 heavy (non-hydrogen) atoms. The molecular weight excluding hydrogens is 356 g/mol. The number of hydrogen-bond donors (Lipinski definition) is 1. The Balaban J connectivity index is 1.86. The summed E-state index contributed by atoms with van der Waals surface area (Å²) in [5.74, 6) is 0.0231. The second kappa shape index (κ2) is 18.4. The van der Waals surface area contributed by atoms with Gasteiger partial charge < -0.3 is 0 Å². The van der Waals surface area contributed by atoms with Gasteiger partial charge in [0, 0.05) is 6.42 Å². The van der Waals surface area contributed by atoms with E-state index < -0.39 is 0 Å². The summed E-state index contributed by atoms with van der Waals surface area (Å²) in [5.41, 5.74) is 4.56. The summed E-state index contributed by atoms with van der Waals surface area (Å²) < 4.78 is 0. The molecule has 0 saturated carbocycles. The van der Waals surface area contributed by atoms with E-state index in [-0.39, 0.29) is 5.91 Å². The Morgan fingerprint density at radius 3 is 1.66 bits per heavy atom. The van der Waals surface area contributed by atoms with Gasteiger partial charge in [0.2, 0.25) is 5.91 Å². The van der Waals surface area contributed by atoms with Crippen molar-refractivity contribution in [3.05, 3.63) is 35.9 Å². The van der Waals surface area contributed by atoms with Gasteiger partial charge in [-0.2, -0.15) is 5.10 Å². The third kappa shape index (κ3) is 14.9. The molecule has 1 amide bonds. The molecule has 0 bridgehead atoms. The molecular formula is C26H44N2O. The van der Waals surface area contributed by atoms with E-state index in [1.807, 2.05) is 37.3 Å². The summed E-state index contributed by atoms with van der Waals surface area (Å²) in [4.78, 5) is 11.9. The lowest BCUT2D eigenvalue weighted by Crippen LogP contribution is -2.18. The summed E-state index contributed by atoms with van der Waals surface area (Å²) in [6.07, 6.45) is 20.7. The minimum Gasteiger partial charge on any atom is -0.273 e. The maximum absolute atomic E-state index is 11.9. The number of nitrogens with one attached hydrogen (secondary N) is 1. The Morgan fingerprint density at radius 2 is 1.17 bits per heavy atom. The number of benzene rings is 1. The van der Waals surface area contributed by atoms with E-state index >= 15 is 0 Å². The highest BCUT2D eigenvalue weighted by Crippen LogP contribution is 2.13. The van der Waals surface area contributed by atoms with Crippen molar-refractivity contribution in [2.24, 2.45) is 5.10 Å². The van der Waals surface area contributed by atoms with Crippen molar-refractivity contribution in [3.8, 4) is 0 Å². The van der Waals surface area contributed by atoms with Crippen LogP contribution in [0.3, 0.4) is 0 Å². The average Bonchev–Trinajstić information content (AvgIpc) is 2.75. The number of hydrogen-bond acceptors (Lipinski definition) is 2. The predicted octanol–water partition coefficient (Wildman–Crippen LogP) is 7.79. The lowest BCUT2D eigenvalue weighted by molar-refractivity contribution is -0.121. The smallest absolute Gasteiger partial charge is 0.240 e. The Hall–Kier alpha value is -1.64. The molecule has 0 spiro atoms. The quantitative estimate of drug-likeness (QED) is 0.152. The third-order valence-electron chi connectivity index (χ3n) is 5.55. The average molecular weight is 401 g/mol. The number of carbonyl (C=O) groups is 1. The van der Waals surface area contributed by atoms with Gasteiger partial charge >= 0.3 is 0 Å². The molecule has 0 aliphatic carbocycles. The fourth-order valence-corrected chi connectivity index (χ4v) is 3.60. The number of rotatable bonds is 18. The minimum atomic E-state index is 0.0231. The summed E-state index contributed by atoms with van der Waals surface area (Å²) >= 11 is 0. The number of nitrogens with zero attached hydrogens (tertiary/aromatic N) is 1. The van der Waals surface area contributed by atoms with Crippen LogP contribution in [0.2, 0.25) is 0 Å². The molecule has 164 valence electrons. The molecule has 1 aromatic carbocycles. The molecule has 0 fully saturated rings. The van der Waals surface area contributed by atoms with E-state index in [2.05, 4.69) is 17.5 Å². The zero-order chi connectivity index (χ0) is 21.0. The van der Waals surface area contributed by atoms with Gasteiger partial charge in [0.1, 0.15) is 0 Å². The molecule has 3 heteroatoms. The van der Waals surface area contributed by atoms with Gasteiger partial charge in [0.05, 0.1) is 5.71 Å². The van der Waals surface area contributed by atoms with Crippen LogP contribution in [0.1, 0.15) is 122 Å². The van der Waals surface area contributed by atoms with Crippen LogP contribution < -0.4 is 5.43 Å². The van der Waals surface area contributed by atoms with E-state index in [1.165, 1.54) is 83.5 Å². The number of amides is 1. The zero-order valence-corrected chi connectivity index (χ0v) is 19.1. The molecule has 0 radical (unpaired) electrons. The Morgan fingerprint density at radius 1 is 0.724 bits per heavy atom. The first-order valence-corrected chi connectivity index (χ1v) is 12.1. The minimum absolute atomic E-state index is 0.0231. The largest absolute Gasteiger partial charge is 0.273 e. The maximum Gasteiger partial charge on any atom is 0.240 e. The molecule has 1 N–H and O–H groups in total. The van der Waals surface area contributed by atoms with Gasteiger partial charge in [-0.05, 0) is 18.9 Å². The fraction of sp³-hybridized carbons (Fsp3) is 0.692. The van der Waals surface area contributed by atoms with Crippen LogP contribution in [0.5, 0.6) is 0 Å². The van der Waals surface area contributed by atoms with Gasteiger partial charge in [0.25, 0.3) is 0 Å². The van der Waals surface area contributed by atoms with E-state index in [9.17, 15) is 4.79 Å². The van der Waals surface area contributed by atoms with Crippen molar-refractivity contribution in [3.63, 3.8) is 0 Å². The second-order valence-electron chi connectivity index (χ2n) is 8.30. The topological polar surface area (TPSA) is 41.5 Å². The van der Waals surface area contributed by atoms with Crippen molar-refractivity contribution in [2.75, 3.05) is 0 Å². The van der Waals surface area contributed by atoms with E-state index in [1.54, 1.807) is 0 Å².